The van der Waals surface area contributed by atoms with Crippen molar-refractivity contribution in [2.45, 2.75) is 0 Å². The third-order valence-electron chi connectivity index (χ3n) is 1.52. The molecule has 0 atom stereocenters. The Balaban J connectivity index is 0.000000151. The summed E-state index contributed by atoms with van der Waals surface area (Å²) in [4.78, 5) is 16.7. The summed E-state index contributed by atoms with van der Waals surface area (Å²) >= 11 is 5.50. The average Bonchev–Trinajstić information content (AvgIpc) is 2.72. The lowest BCUT2D eigenvalue weighted by molar-refractivity contribution is 0.100. The molecule has 0 spiro atoms. The highest BCUT2D eigenvalue weighted by Crippen LogP contribution is 2.01. The predicted molar refractivity (Wildman–Crippen MR) is 58.6 cm³/mol. The van der Waals surface area contributed by atoms with Crippen molar-refractivity contribution < 1.29 is 4.79 Å². The molecule has 0 radical (unpaired) electrons. The van der Waals surface area contributed by atoms with Crippen LogP contribution in [0.4, 0.5) is 0 Å². The highest BCUT2D eigenvalue weighted by Gasteiger charge is 1.95. The van der Waals surface area contributed by atoms with Crippen LogP contribution in [0.1, 0.15) is 10.4 Å². The van der Waals surface area contributed by atoms with Crippen LogP contribution in [0.15, 0.2) is 43.0 Å². The fourth-order valence-electron chi connectivity index (χ4n) is 0.811. The first-order chi connectivity index (χ1) is 7.20. The number of amides is 1. The van der Waals surface area contributed by atoms with Gasteiger partial charge in [-0.3, -0.25) is 9.78 Å². The van der Waals surface area contributed by atoms with Gasteiger partial charge in [-0.25, -0.2) is 0 Å². The van der Waals surface area contributed by atoms with Crippen molar-refractivity contribution in [1.29, 1.82) is 0 Å². The minimum Gasteiger partial charge on any atom is -0.367 e. The summed E-state index contributed by atoms with van der Waals surface area (Å²) in [5.74, 6) is -0.397. The molecule has 1 amide bonds. The molecular weight excluding hydrogens is 214 g/mol. The van der Waals surface area contributed by atoms with E-state index in [0.29, 0.717) is 5.56 Å². The molecule has 15 heavy (non-hydrogen) atoms. The summed E-state index contributed by atoms with van der Waals surface area (Å²) in [5, 5.41) is 0.731. The number of nitrogens with zero attached hydrogens (tertiary/aromatic N) is 1. The maximum Gasteiger partial charge on any atom is 0.250 e. The quantitative estimate of drug-likeness (QED) is 0.775. The molecule has 2 aromatic heterocycles. The van der Waals surface area contributed by atoms with E-state index in [-0.39, 0.29) is 0 Å². The van der Waals surface area contributed by atoms with Gasteiger partial charge in [-0.15, -0.1) is 0 Å². The minimum absolute atomic E-state index is 0.397. The van der Waals surface area contributed by atoms with Crippen LogP contribution in [0.5, 0.6) is 0 Å². The number of rotatable bonds is 1. The first kappa shape index (κ1) is 11.3. The van der Waals surface area contributed by atoms with Crippen LogP contribution in [0, 0.1) is 0 Å². The Morgan fingerprint density at radius 1 is 1.33 bits per heavy atom. The summed E-state index contributed by atoms with van der Waals surface area (Å²) in [5.41, 5.74) is 5.42. The number of aromatic nitrogens is 2. The van der Waals surface area contributed by atoms with Gasteiger partial charge in [-0.05, 0) is 18.2 Å². The molecule has 2 heterocycles. The van der Waals surface area contributed by atoms with Crippen molar-refractivity contribution in [3.63, 3.8) is 0 Å². The Morgan fingerprint density at radius 3 is 2.27 bits per heavy atom. The van der Waals surface area contributed by atoms with Gasteiger partial charge in [0.05, 0.1) is 5.56 Å². The first-order valence-electron chi connectivity index (χ1n) is 4.18. The lowest BCUT2D eigenvalue weighted by Crippen LogP contribution is -2.08. The fourth-order valence-corrected chi connectivity index (χ4v) is 0.924. The molecule has 5 heteroatoms. The van der Waals surface area contributed by atoms with Gasteiger partial charge >= 0.3 is 0 Å². The second-order valence-electron chi connectivity index (χ2n) is 2.63. The topological polar surface area (TPSA) is 71.8 Å². The molecule has 0 bridgehead atoms. The molecule has 0 saturated heterocycles. The number of carbonyl (C=O) groups excluding carboxylic acids is 1. The number of nitrogens with two attached hydrogens (primary N) is 1. The van der Waals surface area contributed by atoms with Crippen LogP contribution in [0.2, 0.25) is 5.02 Å². The minimum atomic E-state index is -0.397. The summed E-state index contributed by atoms with van der Waals surface area (Å²) in [6.07, 6.45) is 6.52. The molecule has 0 aliphatic rings. The Kier molecular flexibility index (Phi) is 4.37. The van der Waals surface area contributed by atoms with Gasteiger partial charge in [0.25, 0.3) is 0 Å². The molecule has 3 N–H and O–H groups in total. The van der Waals surface area contributed by atoms with Crippen LogP contribution in [0.3, 0.4) is 0 Å². The van der Waals surface area contributed by atoms with Crippen LogP contribution < -0.4 is 5.73 Å². The average molecular weight is 224 g/mol. The van der Waals surface area contributed by atoms with E-state index in [4.69, 9.17) is 17.3 Å². The number of primary amides is 1. The Bertz CT molecular complexity index is 400. The SMILES string of the molecule is Clc1ccncc1.NC(=O)c1cc[nH]c1. The lowest BCUT2D eigenvalue weighted by atomic mass is 10.3. The summed E-state index contributed by atoms with van der Waals surface area (Å²) < 4.78 is 0. The second kappa shape index (κ2) is 5.82. The number of pyridine rings is 1. The van der Waals surface area contributed by atoms with Crippen LogP contribution >= 0.6 is 11.6 Å². The van der Waals surface area contributed by atoms with E-state index in [0.717, 1.165) is 5.02 Å². The Morgan fingerprint density at radius 2 is 2.00 bits per heavy atom. The zero-order valence-corrected chi connectivity index (χ0v) is 8.61. The smallest absolute Gasteiger partial charge is 0.250 e. The number of aromatic amines is 1. The largest absolute Gasteiger partial charge is 0.367 e. The number of hydrogen-bond donors (Lipinski definition) is 2. The van der Waals surface area contributed by atoms with E-state index in [1.807, 2.05) is 0 Å². The zero-order valence-electron chi connectivity index (χ0n) is 7.85. The number of halogens is 1. The van der Waals surface area contributed by atoms with E-state index in [1.54, 1.807) is 43.0 Å². The molecule has 0 saturated carbocycles. The number of hydrogen-bond acceptors (Lipinski definition) is 2. The molecule has 2 aromatic rings. The van der Waals surface area contributed by atoms with E-state index >= 15 is 0 Å². The van der Waals surface area contributed by atoms with Crippen LogP contribution in [0.25, 0.3) is 0 Å². The number of nitrogens with one attached hydrogen (secondary N) is 1. The van der Waals surface area contributed by atoms with Gasteiger partial charge in [0.1, 0.15) is 0 Å². The van der Waals surface area contributed by atoms with Crippen molar-refractivity contribution in [2.75, 3.05) is 0 Å². The van der Waals surface area contributed by atoms with Gasteiger partial charge in [-0.2, -0.15) is 0 Å². The van der Waals surface area contributed by atoms with Crippen molar-refractivity contribution in [3.05, 3.63) is 53.6 Å². The van der Waals surface area contributed by atoms with Crippen molar-refractivity contribution in [3.8, 4) is 0 Å². The molecule has 0 fully saturated rings. The van der Waals surface area contributed by atoms with Gasteiger partial charge < -0.3 is 10.7 Å². The Labute approximate surface area is 92.1 Å². The van der Waals surface area contributed by atoms with E-state index in [1.165, 1.54) is 0 Å². The zero-order chi connectivity index (χ0) is 11.1. The van der Waals surface area contributed by atoms with Gasteiger partial charge in [-0.1, -0.05) is 11.6 Å². The van der Waals surface area contributed by atoms with Crippen molar-refractivity contribution in [2.24, 2.45) is 5.73 Å². The number of carbonyl (C=O) groups is 1. The van der Waals surface area contributed by atoms with Crippen molar-refractivity contribution in [1.82, 2.24) is 9.97 Å². The predicted octanol–water partition coefficient (Wildman–Crippen LogP) is 1.85. The Hall–Kier alpha value is -1.81. The molecule has 0 aliphatic carbocycles. The molecule has 0 aromatic carbocycles. The maximum absolute atomic E-state index is 10.3. The highest BCUT2D eigenvalue weighted by atomic mass is 35.5. The number of H-pyrrole nitrogens is 1. The van der Waals surface area contributed by atoms with E-state index in [2.05, 4.69) is 9.97 Å². The molecule has 2 rings (SSSR count). The summed E-state index contributed by atoms with van der Waals surface area (Å²) in [6.45, 7) is 0. The first-order valence-corrected chi connectivity index (χ1v) is 4.56. The molecule has 0 aliphatic heterocycles. The third-order valence-corrected chi connectivity index (χ3v) is 1.77. The normalized spacial score (nSPS) is 8.87. The fraction of sp³-hybridized carbons (Fsp3) is 0. The molecular formula is C10H10ClN3O. The van der Waals surface area contributed by atoms with E-state index < -0.39 is 5.91 Å². The highest BCUT2D eigenvalue weighted by molar-refractivity contribution is 6.30. The van der Waals surface area contributed by atoms with Crippen LogP contribution in [-0.4, -0.2) is 15.9 Å². The van der Waals surface area contributed by atoms with E-state index in [9.17, 15) is 4.79 Å². The summed E-state index contributed by atoms with van der Waals surface area (Å²) in [7, 11) is 0. The lowest BCUT2D eigenvalue weighted by Gasteiger charge is -1.80. The maximum atomic E-state index is 10.3. The van der Waals surface area contributed by atoms with Crippen molar-refractivity contribution >= 4 is 17.5 Å². The monoisotopic (exact) mass is 223 g/mol. The summed E-state index contributed by atoms with van der Waals surface area (Å²) in [6, 6.07) is 5.10. The van der Waals surface area contributed by atoms with Crippen LogP contribution in [-0.2, 0) is 0 Å². The molecule has 4 nitrogen and oxygen atoms in total. The van der Waals surface area contributed by atoms with Gasteiger partial charge in [0, 0.05) is 29.8 Å². The van der Waals surface area contributed by atoms with Gasteiger partial charge in [0.15, 0.2) is 0 Å². The van der Waals surface area contributed by atoms with Gasteiger partial charge in [0.2, 0.25) is 5.91 Å². The molecule has 0 unspecified atom stereocenters. The molecule has 78 valence electrons. The standard InChI is InChI=1S/C5H4ClN.C5H6N2O/c6-5-1-3-7-4-2-5;6-5(8)4-1-2-7-3-4/h1-4H;1-3,7H,(H2,6,8). The second-order valence-corrected chi connectivity index (χ2v) is 3.07. The third kappa shape index (κ3) is 4.28.